The van der Waals surface area contributed by atoms with Crippen LogP contribution in [0.2, 0.25) is 0 Å². The second kappa shape index (κ2) is 8.05. The first-order valence-electron chi connectivity index (χ1n) is 9.20. The van der Waals surface area contributed by atoms with Crippen molar-refractivity contribution in [3.63, 3.8) is 0 Å². The summed E-state index contributed by atoms with van der Waals surface area (Å²) >= 11 is 1.29. The van der Waals surface area contributed by atoms with Crippen molar-refractivity contribution in [2.24, 2.45) is 0 Å². The number of aromatic nitrogens is 3. The Kier molecular flexibility index (Phi) is 5.42. The van der Waals surface area contributed by atoms with Gasteiger partial charge in [0, 0.05) is 22.9 Å². The summed E-state index contributed by atoms with van der Waals surface area (Å²) < 4.78 is 28.7. The largest absolute Gasteiger partial charge is 0.355 e. The van der Waals surface area contributed by atoms with Gasteiger partial charge < -0.3 is 4.52 Å². The highest BCUT2D eigenvalue weighted by molar-refractivity contribution is 7.90. The third-order valence-electron chi connectivity index (χ3n) is 4.51. The van der Waals surface area contributed by atoms with Crippen LogP contribution in [0.25, 0.3) is 22.7 Å². The van der Waals surface area contributed by atoms with Gasteiger partial charge in [-0.15, -0.1) is 11.3 Å². The lowest BCUT2D eigenvalue weighted by molar-refractivity contribution is 0.102. The number of thiazole rings is 1. The number of aryl methyl sites for hydroxylation is 2. The third kappa shape index (κ3) is 4.39. The maximum atomic E-state index is 13.0. The first-order chi connectivity index (χ1) is 14.7. The molecule has 4 aromatic rings. The smallest absolute Gasteiger partial charge is 0.263 e. The molecule has 0 spiro atoms. The van der Waals surface area contributed by atoms with E-state index in [0.717, 1.165) is 17.6 Å². The van der Waals surface area contributed by atoms with Crippen LogP contribution in [0.4, 0.5) is 5.13 Å². The average Bonchev–Trinajstić information content (AvgIpc) is 3.34. The molecular formula is C21H18N4O4S2. The molecule has 158 valence electrons. The van der Waals surface area contributed by atoms with Crippen LogP contribution in [0, 0.1) is 13.8 Å². The van der Waals surface area contributed by atoms with E-state index in [1.807, 2.05) is 30.5 Å². The van der Waals surface area contributed by atoms with E-state index in [9.17, 15) is 13.2 Å². The molecule has 3 aromatic heterocycles. The fraction of sp³-hybridized carbons (Fsp3) is 0.143. The van der Waals surface area contributed by atoms with Crippen LogP contribution in [0.15, 0.2) is 57.3 Å². The maximum Gasteiger partial charge on any atom is 0.263 e. The summed E-state index contributed by atoms with van der Waals surface area (Å²) in [5, 5.41) is 8.93. The SMILES string of the molecule is Cc1cccc(-c2csc(NC(=O)c3c(C)noc3-c3ccc(S(C)(=O)=O)cc3)n2)n1. The summed E-state index contributed by atoms with van der Waals surface area (Å²) in [6, 6.07) is 11.7. The van der Waals surface area contributed by atoms with E-state index in [1.54, 1.807) is 19.1 Å². The lowest BCUT2D eigenvalue weighted by Gasteiger charge is -2.04. The topological polar surface area (TPSA) is 115 Å². The normalized spacial score (nSPS) is 11.5. The zero-order valence-electron chi connectivity index (χ0n) is 16.9. The highest BCUT2D eigenvalue weighted by Gasteiger charge is 2.23. The number of hydrogen-bond acceptors (Lipinski definition) is 8. The van der Waals surface area contributed by atoms with Gasteiger partial charge in [0.25, 0.3) is 5.91 Å². The van der Waals surface area contributed by atoms with E-state index in [-0.39, 0.29) is 16.2 Å². The Morgan fingerprint density at radius 3 is 2.45 bits per heavy atom. The molecule has 0 aliphatic heterocycles. The summed E-state index contributed by atoms with van der Waals surface area (Å²) in [4.78, 5) is 22.0. The highest BCUT2D eigenvalue weighted by Crippen LogP contribution is 2.29. The number of nitrogens with one attached hydrogen (secondary N) is 1. The van der Waals surface area contributed by atoms with E-state index in [1.165, 1.54) is 23.5 Å². The average molecular weight is 455 g/mol. The molecule has 0 aliphatic carbocycles. The summed E-state index contributed by atoms with van der Waals surface area (Å²) in [6.45, 7) is 3.56. The number of pyridine rings is 1. The van der Waals surface area contributed by atoms with Crippen LogP contribution < -0.4 is 5.32 Å². The van der Waals surface area contributed by atoms with Gasteiger partial charge in [0.1, 0.15) is 11.3 Å². The quantitative estimate of drug-likeness (QED) is 0.482. The van der Waals surface area contributed by atoms with Gasteiger partial charge in [-0.25, -0.2) is 13.4 Å². The Balaban J connectivity index is 1.60. The second-order valence-corrected chi connectivity index (χ2v) is 9.80. The van der Waals surface area contributed by atoms with Crippen LogP contribution in [-0.4, -0.2) is 35.7 Å². The molecule has 4 rings (SSSR count). The van der Waals surface area contributed by atoms with Crippen LogP contribution in [0.5, 0.6) is 0 Å². The molecule has 0 bridgehead atoms. The zero-order valence-corrected chi connectivity index (χ0v) is 18.5. The van der Waals surface area contributed by atoms with E-state index in [0.29, 0.717) is 22.1 Å². The molecule has 0 saturated carbocycles. The lowest BCUT2D eigenvalue weighted by Crippen LogP contribution is -2.13. The first-order valence-corrected chi connectivity index (χ1v) is 12.0. The predicted molar refractivity (Wildman–Crippen MR) is 118 cm³/mol. The predicted octanol–water partition coefficient (Wildman–Crippen LogP) is 4.13. The number of rotatable bonds is 5. The van der Waals surface area contributed by atoms with Crippen LogP contribution >= 0.6 is 11.3 Å². The number of anilines is 1. The Morgan fingerprint density at radius 1 is 1.03 bits per heavy atom. The maximum absolute atomic E-state index is 13.0. The minimum atomic E-state index is -3.32. The van der Waals surface area contributed by atoms with Crippen molar-refractivity contribution in [1.29, 1.82) is 0 Å². The van der Waals surface area contributed by atoms with Gasteiger partial charge in [-0.1, -0.05) is 11.2 Å². The second-order valence-electron chi connectivity index (χ2n) is 6.92. The van der Waals surface area contributed by atoms with Gasteiger partial charge in [0.05, 0.1) is 16.3 Å². The number of nitrogens with zero attached hydrogens (tertiary/aromatic N) is 3. The van der Waals surface area contributed by atoms with Crippen molar-refractivity contribution in [2.75, 3.05) is 11.6 Å². The number of carbonyl (C=O) groups is 1. The Labute approximate surface area is 182 Å². The molecule has 0 radical (unpaired) electrons. The zero-order chi connectivity index (χ0) is 22.2. The lowest BCUT2D eigenvalue weighted by atomic mass is 10.1. The van der Waals surface area contributed by atoms with Crippen LogP contribution in [0.1, 0.15) is 21.7 Å². The number of benzene rings is 1. The summed E-state index contributed by atoms with van der Waals surface area (Å²) in [5.41, 5.74) is 3.49. The van der Waals surface area contributed by atoms with Gasteiger partial charge in [0.15, 0.2) is 20.7 Å². The van der Waals surface area contributed by atoms with E-state index in [2.05, 4.69) is 20.4 Å². The number of amides is 1. The van der Waals surface area contributed by atoms with E-state index >= 15 is 0 Å². The van der Waals surface area contributed by atoms with Gasteiger partial charge in [-0.2, -0.15) is 0 Å². The highest BCUT2D eigenvalue weighted by atomic mass is 32.2. The van der Waals surface area contributed by atoms with Crippen molar-refractivity contribution in [2.45, 2.75) is 18.7 Å². The number of carbonyl (C=O) groups excluding carboxylic acids is 1. The van der Waals surface area contributed by atoms with E-state index in [4.69, 9.17) is 4.52 Å². The molecule has 3 heterocycles. The van der Waals surface area contributed by atoms with Crippen LogP contribution in [-0.2, 0) is 9.84 Å². The Hall–Kier alpha value is -3.37. The molecule has 1 amide bonds. The Bertz CT molecular complexity index is 1370. The Morgan fingerprint density at radius 2 is 1.77 bits per heavy atom. The summed E-state index contributed by atoms with van der Waals surface area (Å²) in [5.74, 6) is -0.161. The summed E-state index contributed by atoms with van der Waals surface area (Å²) in [7, 11) is -3.32. The fourth-order valence-corrected chi connectivity index (χ4v) is 4.31. The first kappa shape index (κ1) is 20.9. The third-order valence-corrected chi connectivity index (χ3v) is 6.40. The van der Waals surface area contributed by atoms with Crippen LogP contribution in [0.3, 0.4) is 0 Å². The van der Waals surface area contributed by atoms with Crippen molar-refractivity contribution < 1.29 is 17.7 Å². The molecule has 1 N–H and O–H groups in total. The monoisotopic (exact) mass is 454 g/mol. The molecule has 8 nitrogen and oxygen atoms in total. The summed E-state index contributed by atoms with van der Waals surface area (Å²) in [6.07, 6.45) is 1.13. The molecule has 10 heteroatoms. The molecule has 0 fully saturated rings. The molecule has 0 aliphatic rings. The van der Waals surface area contributed by atoms with Crippen molar-refractivity contribution in [3.8, 4) is 22.7 Å². The van der Waals surface area contributed by atoms with Gasteiger partial charge >= 0.3 is 0 Å². The van der Waals surface area contributed by atoms with Crippen molar-refractivity contribution in [1.82, 2.24) is 15.1 Å². The molecule has 0 saturated heterocycles. The number of hydrogen-bond donors (Lipinski definition) is 1. The molecular weight excluding hydrogens is 436 g/mol. The molecule has 0 unspecified atom stereocenters. The van der Waals surface area contributed by atoms with E-state index < -0.39 is 15.7 Å². The van der Waals surface area contributed by atoms with Gasteiger partial charge in [0.2, 0.25) is 0 Å². The molecule has 1 aromatic carbocycles. The van der Waals surface area contributed by atoms with Gasteiger partial charge in [-0.3, -0.25) is 15.1 Å². The molecule has 0 atom stereocenters. The van der Waals surface area contributed by atoms with Gasteiger partial charge in [-0.05, 0) is 50.2 Å². The fourth-order valence-electron chi connectivity index (χ4n) is 2.98. The number of sulfone groups is 1. The van der Waals surface area contributed by atoms with Crippen molar-refractivity contribution in [3.05, 3.63) is 64.8 Å². The van der Waals surface area contributed by atoms with Crippen molar-refractivity contribution >= 4 is 32.2 Å². The minimum Gasteiger partial charge on any atom is -0.355 e. The standard InChI is InChI=1S/C21H18N4O4S2/c1-12-5-4-6-16(22-12)17-11-30-21(23-17)24-20(26)18-13(2)25-29-19(18)14-7-9-15(10-8-14)31(3,27)28/h4-11H,1-3H3,(H,23,24,26). The molecule has 31 heavy (non-hydrogen) atoms. The minimum absolute atomic E-state index is 0.179.